The summed E-state index contributed by atoms with van der Waals surface area (Å²) in [5.74, 6) is -0.587. The first-order valence-electron chi connectivity index (χ1n) is 5.80. The number of aliphatic imine (C=N–C) groups is 1. The Labute approximate surface area is 105 Å². The van der Waals surface area contributed by atoms with Crippen molar-refractivity contribution in [2.45, 2.75) is 6.54 Å². The maximum atomic E-state index is 13.3. The minimum atomic E-state index is -0.417. The number of nitrogens with zero attached hydrogens (tertiary/aromatic N) is 2. The number of carbonyl (C=O) groups excluding carboxylic acids is 1. The van der Waals surface area contributed by atoms with E-state index < -0.39 is 5.82 Å². The Balaban J connectivity index is 2.26. The molecule has 1 heterocycles. The predicted molar refractivity (Wildman–Crippen MR) is 66.4 cm³/mol. The van der Waals surface area contributed by atoms with Crippen molar-refractivity contribution in [3.63, 3.8) is 0 Å². The van der Waals surface area contributed by atoms with Crippen LogP contribution in [0.1, 0.15) is 15.9 Å². The first kappa shape index (κ1) is 12.7. The molecule has 1 fully saturated rings. The summed E-state index contributed by atoms with van der Waals surface area (Å²) in [5.41, 5.74) is 1.06. The lowest BCUT2D eigenvalue weighted by Gasteiger charge is -2.27. The molecule has 0 radical (unpaired) electrons. The number of hydrogen-bond acceptors (Lipinski definition) is 3. The quantitative estimate of drug-likeness (QED) is 0.763. The molecular weight excluding hydrogens is 235 g/mol. The van der Waals surface area contributed by atoms with Crippen LogP contribution in [0.3, 0.4) is 0 Å². The summed E-state index contributed by atoms with van der Waals surface area (Å²) in [5, 5.41) is 0. The molecule has 96 valence electrons. The number of benzene rings is 1. The summed E-state index contributed by atoms with van der Waals surface area (Å²) < 4.78 is 18.5. The first-order valence-corrected chi connectivity index (χ1v) is 5.80. The molecule has 1 aromatic carbocycles. The lowest BCUT2D eigenvalue weighted by molar-refractivity contribution is 0.0302. The Kier molecular flexibility index (Phi) is 4.04. The Morgan fingerprint density at radius 1 is 1.44 bits per heavy atom. The number of halogens is 1. The maximum absolute atomic E-state index is 13.3. The molecular formula is C13H15FN2O2. The number of carbonyl (C=O) groups is 1. The smallest absolute Gasteiger partial charge is 0.254 e. The molecule has 0 N–H and O–H groups in total. The number of ether oxygens (including phenoxy) is 1. The number of amides is 1. The standard InChI is InChI=1S/C13H15FN2O2/c1-15-9-10-2-3-11(14)8-12(10)13(17)16-4-6-18-7-5-16/h2-3,8H,1,4-7,9H2. The van der Waals surface area contributed by atoms with Crippen LogP contribution in [-0.2, 0) is 11.3 Å². The SMILES string of the molecule is C=NCc1ccc(F)cc1C(=O)N1CCOCC1. The summed E-state index contributed by atoms with van der Waals surface area (Å²) in [6, 6.07) is 4.17. The average Bonchev–Trinajstić information content (AvgIpc) is 2.41. The number of rotatable bonds is 3. The highest BCUT2D eigenvalue weighted by atomic mass is 19.1. The molecule has 0 saturated carbocycles. The van der Waals surface area contributed by atoms with Gasteiger partial charge in [0, 0.05) is 18.7 Å². The molecule has 5 heteroatoms. The summed E-state index contributed by atoms with van der Waals surface area (Å²) in [6.45, 7) is 5.84. The van der Waals surface area contributed by atoms with Crippen molar-refractivity contribution in [2.24, 2.45) is 4.99 Å². The van der Waals surface area contributed by atoms with E-state index in [2.05, 4.69) is 11.7 Å². The van der Waals surface area contributed by atoms with Gasteiger partial charge in [-0.15, -0.1) is 0 Å². The van der Waals surface area contributed by atoms with Crippen LogP contribution in [0, 0.1) is 5.82 Å². The fourth-order valence-corrected chi connectivity index (χ4v) is 1.94. The van der Waals surface area contributed by atoms with Crippen molar-refractivity contribution < 1.29 is 13.9 Å². The van der Waals surface area contributed by atoms with Gasteiger partial charge in [-0.1, -0.05) is 6.07 Å². The van der Waals surface area contributed by atoms with E-state index in [1.54, 1.807) is 11.0 Å². The van der Waals surface area contributed by atoms with E-state index >= 15 is 0 Å². The van der Waals surface area contributed by atoms with Gasteiger partial charge in [-0.25, -0.2) is 4.39 Å². The molecule has 2 rings (SSSR count). The Hall–Kier alpha value is -1.75. The minimum absolute atomic E-state index is 0.170. The minimum Gasteiger partial charge on any atom is -0.378 e. The van der Waals surface area contributed by atoms with E-state index in [4.69, 9.17) is 4.74 Å². The average molecular weight is 250 g/mol. The number of hydrogen-bond donors (Lipinski definition) is 0. The fourth-order valence-electron chi connectivity index (χ4n) is 1.94. The van der Waals surface area contributed by atoms with E-state index in [-0.39, 0.29) is 5.91 Å². The molecule has 0 atom stereocenters. The second kappa shape index (κ2) is 5.73. The molecule has 0 unspecified atom stereocenters. The highest BCUT2D eigenvalue weighted by Gasteiger charge is 2.21. The maximum Gasteiger partial charge on any atom is 0.254 e. The zero-order valence-corrected chi connectivity index (χ0v) is 10.1. The van der Waals surface area contributed by atoms with Gasteiger partial charge in [-0.3, -0.25) is 9.79 Å². The van der Waals surface area contributed by atoms with Crippen LogP contribution in [0.4, 0.5) is 4.39 Å². The number of morpholine rings is 1. The Morgan fingerprint density at radius 3 is 2.83 bits per heavy atom. The van der Waals surface area contributed by atoms with Gasteiger partial charge in [-0.05, 0) is 24.4 Å². The molecule has 4 nitrogen and oxygen atoms in total. The molecule has 1 aliphatic heterocycles. The highest BCUT2D eigenvalue weighted by Crippen LogP contribution is 2.16. The summed E-state index contributed by atoms with van der Waals surface area (Å²) >= 11 is 0. The van der Waals surface area contributed by atoms with E-state index in [0.717, 1.165) is 0 Å². The monoisotopic (exact) mass is 250 g/mol. The van der Waals surface area contributed by atoms with Crippen molar-refractivity contribution in [1.29, 1.82) is 0 Å². The van der Waals surface area contributed by atoms with Gasteiger partial charge in [0.1, 0.15) is 5.82 Å². The van der Waals surface area contributed by atoms with E-state index in [1.165, 1.54) is 12.1 Å². The largest absolute Gasteiger partial charge is 0.378 e. The normalized spacial score (nSPS) is 15.5. The third kappa shape index (κ3) is 2.73. The van der Waals surface area contributed by atoms with Gasteiger partial charge in [0.25, 0.3) is 5.91 Å². The molecule has 18 heavy (non-hydrogen) atoms. The van der Waals surface area contributed by atoms with E-state index in [9.17, 15) is 9.18 Å². The van der Waals surface area contributed by atoms with E-state index in [1.807, 2.05) is 0 Å². The van der Waals surface area contributed by atoms with Crippen molar-refractivity contribution in [3.05, 3.63) is 35.1 Å². The Morgan fingerprint density at radius 2 is 2.17 bits per heavy atom. The summed E-state index contributed by atoms with van der Waals surface area (Å²) in [7, 11) is 0. The zero-order chi connectivity index (χ0) is 13.0. The van der Waals surface area contributed by atoms with Gasteiger partial charge in [0.15, 0.2) is 0 Å². The fraction of sp³-hybridized carbons (Fsp3) is 0.385. The Bertz CT molecular complexity index is 456. The molecule has 0 aliphatic carbocycles. The van der Waals surface area contributed by atoms with Crippen molar-refractivity contribution in [2.75, 3.05) is 26.3 Å². The molecule has 1 amide bonds. The first-order chi connectivity index (χ1) is 8.72. The molecule has 0 aromatic heterocycles. The van der Waals surface area contributed by atoms with Gasteiger partial charge in [-0.2, -0.15) is 0 Å². The van der Waals surface area contributed by atoms with Crippen LogP contribution >= 0.6 is 0 Å². The van der Waals surface area contributed by atoms with Crippen molar-refractivity contribution in [3.8, 4) is 0 Å². The van der Waals surface area contributed by atoms with Gasteiger partial charge in [0.05, 0.1) is 19.8 Å². The summed E-state index contributed by atoms with van der Waals surface area (Å²) in [6.07, 6.45) is 0. The van der Waals surface area contributed by atoms with Crippen LogP contribution in [0.25, 0.3) is 0 Å². The van der Waals surface area contributed by atoms with Crippen LogP contribution in [0.2, 0.25) is 0 Å². The van der Waals surface area contributed by atoms with Gasteiger partial charge < -0.3 is 9.64 Å². The second-order valence-corrected chi connectivity index (χ2v) is 4.09. The molecule has 1 aromatic rings. The van der Waals surface area contributed by atoms with Gasteiger partial charge in [0.2, 0.25) is 0 Å². The van der Waals surface area contributed by atoms with Crippen molar-refractivity contribution in [1.82, 2.24) is 4.90 Å². The highest BCUT2D eigenvalue weighted by molar-refractivity contribution is 5.95. The van der Waals surface area contributed by atoms with Crippen LogP contribution in [0.15, 0.2) is 23.2 Å². The lowest BCUT2D eigenvalue weighted by atomic mass is 10.1. The third-order valence-corrected chi connectivity index (χ3v) is 2.88. The second-order valence-electron chi connectivity index (χ2n) is 4.09. The predicted octanol–water partition coefficient (Wildman–Crippen LogP) is 1.50. The molecule has 1 aliphatic rings. The van der Waals surface area contributed by atoms with Gasteiger partial charge >= 0.3 is 0 Å². The molecule has 0 spiro atoms. The lowest BCUT2D eigenvalue weighted by Crippen LogP contribution is -2.41. The van der Waals surface area contributed by atoms with Crippen molar-refractivity contribution >= 4 is 12.6 Å². The van der Waals surface area contributed by atoms with Crippen LogP contribution in [0.5, 0.6) is 0 Å². The zero-order valence-electron chi connectivity index (χ0n) is 10.1. The van der Waals surface area contributed by atoms with Crippen LogP contribution in [-0.4, -0.2) is 43.8 Å². The van der Waals surface area contributed by atoms with E-state index in [0.29, 0.717) is 44.0 Å². The third-order valence-electron chi connectivity index (χ3n) is 2.88. The molecule has 1 saturated heterocycles. The topological polar surface area (TPSA) is 41.9 Å². The molecule has 0 bridgehead atoms. The summed E-state index contributed by atoms with van der Waals surface area (Å²) in [4.78, 5) is 17.7. The van der Waals surface area contributed by atoms with Crippen LogP contribution < -0.4 is 0 Å².